The molecule has 0 fully saturated rings. The highest BCUT2D eigenvalue weighted by Crippen LogP contribution is 2.26. The van der Waals surface area contributed by atoms with Crippen LogP contribution < -0.4 is 10.1 Å². The van der Waals surface area contributed by atoms with Crippen LogP contribution in [0.2, 0.25) is 0 Å². The first-order valence-corrected chi connectivity index (χ1v) is 8.88. The smallest absolute Gasteiger partial charge is 0.341 e. The molecule has 0 aromatic heterocycles. The van der Waals surface area contributed by atoms with Gasteiger partial charge in [0.2, 0.25) is 9.84 Å². The molecule has 0 saturated carbocycles. The van der Waals surface area contributed by atoms with Gasteiger partial charge in [-0.3, -0.25) is 4.79 Å². The molecule has 0 heterocycles. The molecule has 25 heavy (non-hydrogen) atoms. The third-order valence-corrected chi connectivity index (χ3v) is 4.90. The first-order valence-electron chi connectivity index (χ1n) is 7.33. The maximum Gasteiger partial charge on any atom is 0.341 e. The van der Waals surface area contributed by atoms with Crippen molar-refractivity contribution in [1.82, 2.24) is 0 Å². The molecule has 0 bridgehead atoms. The van der Waals surface area contributed by atoms with Crippen molar-refractivity contribution in [2.75, 3.05) is 11.9 Å². The summed E-state index contributed by atoms with van der Waals surface area (Å²) in [6, 6.07) is 10.5. The molecule has 2 rings (SSSR count). The van der Waals surface area contributed by atoms with E-state index in [-0.39, 0.29) is 12.3 Å². The van der Waals surface area contributed by atoms with Crippen molar-refractivity contribution >= 4 is 21.4 Å². The Morgan fingerprint density at radius 1 is 1.08 bits per heavy atom. The van der Waals surface area contributed by atoms with Crippen molar-refractivity contribution in [3.05, 3.63) is 53.6 Å². The van der Waals surface area contributed by atoms with Gasteiger partial charge in [0.15, 0.2) is 6.61 Å². The number of ether oxygens (including phenoxy) is 1. The van der Waals surface area contributed by atoms with Gasteiger partial charge in [0, 0.05) is 0 Å². The fourth-order valence-electron chi connectivity index (χ4n) is 2.26. The molecule has 0 aliphatic rings. The molecule has 1 amide bonds. The minimum Gasteiger partial charge on any atom is -0.483 e. The number of nitrogens with one attached hydrogen (secondary N) is 1. The second-order valence-electron chi connectivity index (χ2n) is 5.36. The summed E-state index contributed by atoms with van der Waals surface area (Å²) in [5, 5.41) is 2.30. The molecular formula is C17H17F2NO4S. The number of para-hydroxylation sites is 2. The summed E-state index contributed by atoms with van der Waals surface area (Å²) in [4.78, 5) is 11.4. The number of anilines is 1. The van der Waals surface area contributed by atoms with Gasteiger partial charge in [-0.25, -0.2) is 8.42 Å². The Morgan fingerprint density at radius 3 is 2.28 bits per heavy atom. The van der Waals surface area contributed by atoms with Gasteiger partial charge in [-0.1, -0.05) is 30.3 Å². The molecule has 0 aliphatic carbocycles. The molecule has 0 saturated heterocycles. The Hall–Kier alpha value is -2.48. The van der Waals surface area contributed by atoms with E-state index in [1.54, 1.807) is 0 Å². The van der Waals surface area contributed by atoms with Crippen LogP contribution in [-0.4, -0.2) is 26.7 Å². The number of hydrogen-bond donors (Lipinski definition) is 1. The number of hydrogen-bond acceptors (Lipinski definition) is 4. The van der Waals surface area contributed by atoms with E-state index in [0.717, 1.165) is 17.2 Å². The van der Waals surface area contributed by atoms with Gasteiger partial charge in [0.05, 0.1) is 10.6 Å². The van der Waals surface area contributed by atoms with Crippen LogP contribution in [0, 0.1) is 13.8 Å². The van der Waals surface area contributed by atoms with Gasteiger partial charge in [-0.2, -0.15) is 8.78 Å². The molecule has 0 radical (unpaired) electrons. The topological polar surface area (TPSA) is 72.5 Å². The maximum atomic E-state index is 12.7. The van der Waals surface area contributed by atoms with E-state index < -0.39 is 26.4 Å². The molecule has 0 spiro atoms. The summed E-state index contributed by atoms with van der Waals surface area (Å²) in [6.07, 6.45) is 0. The highest BCUT2D eigenvalue weighted by molar-refractivity contribution is 7.91. The zero-order valence-corrected chi connectivity index (χ0v) is 14.4. The number of alkyl halides is 2. The summed E-state index contributed by atoms with van der Waals surface area (Å²) >= 11 is 0. The second-order valence-corrected chi connectivity index (χ2v) is 7.25. The van der Waals surface area contributed by atoms with E-state index in [1.165, 1.54) is 18.2 Å². The van der Waals surface area contributed by atoms with E-state index in [4.69, 9.17) is 4.74 Å². The molecule has 0 unspecified atom stereocenters. The minimum atomic E-state index is -4.82. The van der Waals surface area contributed by atoms with E-state index in [9.17, 15) is 22.0 Å². The lowest BCUT2D eigenvalue weighted by atomic mass is 10.1. The Labute approximate surface area is 144 Å². The van der Waals surface area contributed by atoms with Gasteiger partial charge in [-0.05, 0) is 37.1 Å². The second kappa shape index (κ2) is 7.60. The molecule has 0 atom stereocenters. The first-order chi connectivity index (χ1) is 11.7. The van der Waals surface area contributed by atoms with Crippen molar-refractivity contribution in [2.24, 2.45) is 0 Å². The zero-order chi connectivity index (χ0) is 18.6. The van der Waals surface area contributed by atoms with Crippen LogP contribution in [0.4, 0.5) is 14.5 Å². The molecule has 8 heteroatoms. The molecule has 2 aromatic rings. The van der Waals surface area contributed by atoms with Crippen LogP contribution in [0.25, 0.3) is 0 Å². The first kappa shape index (κ1) is 18.9. The number of rotatable bonds is 6. The predicted octanol–water partition coefficient (Wildman–Crippen LogP) is 3.32. The highest BCUT2D eigenvalue weighted by Gasteiger charge is 2.29. The molecule has 1 N–H and O–H groups in total. The van der Waals surface area contributed by atoms with Crippen LogP contribution in [0.1, 0.15) is 11.1 Å². The number of halogens is 2. The third-order valence-electron chi connectivity index (χ3n) is 3.46. The lowest BCUT2D eigenvalue weighted by Crippen LogP contribution is -2.23. The summed E-state index contributed by atoms with van der Waals surface area (Å²) in [5.74, 6) is -3.68. The SMILES string of the molecule is Cc1cccc(C)c1OCC(=O)Nc1ccccc1S(=O)(=O)C(F)F. The highest BCUT2D eigenvalue weighted by atomic mass is 32.2. The number of aryl methyl sites for hydroxylation is 2. The van der Waals surface area contributed by atoms with Gasteiger partial charge in [-0.15, -0.1) is 0 Å². The predicted molar refractivity (Wildman–Crippen MR) is 89.7 cm³/mol. The van der Waals surface area contributed by atoms with Gasteiger partial charge in [0.1, 0.15) is 5.75 Å². The third kappa shape index (κ3) is 4.33. The van der Waals surface area contributed by atoms with E-state index in [1.807, 2.05) is 32.0 Å². The van der Waals surface area contributed by atoms with Crippen LogP contribution in [-0.2, 0) is 14.6 Å². The number of carbonyl (C=O) groups is 1. The van der Waals surface area contributed by atoms with Crippen molar-refractivity contribution < 1.29 is 26.7 Å². The fourth-order valence-corrected chi connectivity index (χ4v) is 3.15. The Balaban J connectivity index is 2.14. The molecule has 0 aliphatic heterocycles. The molecule has 5 nitrogen and oxygen atoms in total. The fraction of sp³-hybridized carbons (Fsp3) is 0.235. The van der Waals surface area contributed by atoms with E-state index in [2.05, 4.69) is 5.32 Å². The van der Waals surface area contributed by atoms with Gasteiger partial charge in [0.25, 0.3) is 5.91 Å². The summed E-state index contributed by atoms with van der Waals surface area (Å²) in [5.41, 5.74) is 1.47. The number of carbonyl (C=O) groups excluding carboxylic acids is 1. The van der Waals surface area contributed by atoms with E-state index in [0.29, 0.717) is 5.75 Å². The monoisotopic (exact) mass is 369 g/mol. The normalized spacial score (nSPS) is 11.4. The largest absolute Gasteiger partial charge is 0.483 e. The number of amides is 1. The lowest BCUT2D eigenvalue weighted by molar-refractivity contribution is -0.118. The average molecular weight is 369 g/mol. The summed E-state index contributed by atoms with van der Waals surface area (Å²) in [6.45, 7) is 3.27. The van der Waals surface area contributed by atoms with Gasteiger partial charge >= 0.3 is 5.76 Å². The van der Waals surface area contributed by atoms with Crippen molar-refractivity contribution in [2.45, 2.75) is 24.5 Å². The summed E-state index contributed by atoms with van der Waals surface area (Å²) < 4.78 is 54.3. The standard InChI is InChI=1S/C17H17F2NO4S/c1-11-6-5-7-12(2)16(11)24-10-15(21)20-13-8-3-4-9-14(13)25(22,23)17(18)19/h3-9,17H,10H2,1-2H3,(H,20,21). The van der Waals surface area contributed by atoms with Crippen molar-refractivity contribution in [3.8, 4) is 5.75 Å². The maximum absolute atomic E-state index is 12.7. The molecule has 134 valence electrons. The average Bonchev–Trinajstić information content (AvgIpc) is 2.54. The zero-order valence-electron chi connectivity index (χ0n) is 13.6. The Kier molecular flexibility index (Phi) is 5.73. The molecule has 2 aromatic carbocycles. The van der Waals surface area contributed by atoms with Crippen molar-refractivity contribution in [1.29, 1.82) is 0 Å². The van der Waals surface area contributed by atoms with Crippen LogP contribution >= 0.6 is 0 Å². The molecular weight excluding hydrogens is 352 g/mol. The van der Waals surface area contributed by atoms with E-state index >= 15 is 0 Å². The van der Waals surface area contributed by atoms with Gasteiger partial charge < -0.3 is 10.1 Å². The Morgan fingerprint density at radius 2 is 1.68 bits per heavy atom. The Bertz CT molecular complexity index is 862. The van der Waals surface area contributed by atoms with Crippen LogP contribution in [0.3, 0.4) is 0 Å². The number of benzene rings is 2. The summed E-state index contributed by atoms with van der Waals surface area (Å²) in [7, 11) is -4.82. The lowest BCUT2D eigenvalue weighted by Gasteiger charge is -2.13. The van der Waals surface area contributed by atoms with Crippen molar-refractivity contribution in [3.63, 3.8) is 0 Å². The van der Waals surface area contributed by atoms with Crippen LogP contribution in [0.5, 0.6) is 5.75 Å². The minimum absolute atomic E-state index is 0.210. The quantitative estimate of drug-likeness (QED) is 0.848. The van der Waals surface area contributed by atoms with Crippen LogP contribution in [0.15, 0.2) is 47.4 Å². The number of sulfone groups is 1.